The zero-order chi connectivity index (χ0) is 19.4. The Balaban J connectivity index is 1.77. The molecule has 3 rings (SSSR count). The smallest absolute Gasteiger partial charge is 0.272 e. The second kappa shape index (κ2) is 7.93. The molecule has 8 nitrogen and oxygen atoms in total. The maximum atomic E-state index is 11.7. The zero-order valence-corrected chi connectivity index (χ0v) is 15.5. The van der Waals surface area contributed by atoms with E-state index < -0.39 is 14.9 Å². The summed E-state index contributed by atoms with van der Waals surface area (Å²) in [5.41, 5.74) is 0.192. The van der Waals surface area contributed by atoms with Gasteiger partial charge in [0.1, 0.15) is 5.75 Å². The first-order valence-corrected chi connectivity index (χ1v) is 10.1. The Kier molecular flexibility index (Phi) is 5.62. The molecule has 1 saturated heterocycles. The monoisotopic (exact) mass is 391 g/mol. The van der Waals surface area contributed by atoms with E-state index in [-0.39, 0.29) is 16.5 Å². The topological polar surface area (TPSA) is 116 Å². The lowest BCUT2D eigenvalue weighted by Gasteiger charge is -2.34. The van der Waals surface area contributed by atoms with Crippen LogP contribution in [-0.2, 0) is 10.0 Å². The number of hydrogen-bond acceptors (Lipinski definition) is 6. The molecule has 1 atom stereocenters. The van der Waals surface area contributed by atoms with Gasteiger partial charge in [-0.25, -0.2) is 13.6 Å². The molecule has 1 heterocycles. The summed E-state index contributed by atoms with van der Waals surface area (Å²) < 4.78 is 29.2. The molecule has 0 bridgehead atoms. The Hall–Kier alpha value is -2.65. The fourth-order valence-corrected chi connectivity index (χ4v) is 3.76. The number of sulfonamides is 1. The van der Waals surface area contributed by atoms with Crippen LogP contribution in [-0.4, -0.2) is 33.0 Å². The van der Waals surface area contributed by atoms with E-state index in [1.807, 2.05) is 35.2 Å². The molecule has 1 fully saturated rings. The first kappa shape index (κ1) is 19.1. The molecule has 1 aliphatic rings. The van der Waals surface area contributed by atoms with Crippen LogP contribution in [0.4, 0.5) is 11.4 Å². The molecule has 0 amide bonds. The highest BCUT2D eigenvalue weighted by atomic mass is 32.2. The van der Waals surface area contributed by atoms with Crippen molar-refractivity contribution in [2.45, 2.75) is 17.7 Å². The van der Waals surface area contributed by atoms with E-state index in [1.54, 1.807) is 0 Å². The molecule has 2 aromatic carbocycles. The van der Waals surface area contributed by atoms with Crippen molar-refractivity contribution in [3.63, 3.8) is 0 Å². The van der Waals surface area contributed by atoms with Crippen LogP contribution in [0.2, 0.25) is 0 Å². The van der Waals surface area contributed by atoms with Crippen molar-refractivity contribution in [3.8, 4) is 5.75 Å². The van der Waals surface area contributed by atoms with Crippen molar-refractivity contribution in [1.82, 2.24) is 0 Å². The van der Waals surface area contributed by atoms with Crippen LogP contribution in [0, 0.1) is 16.0 Å². The van der Waals surface area contributed by atoms with Crippen molar-refractivity contribution in [3.05, 3.63) is 58.6 Å². The highest BCUT2D eigenvalue weighted by Gasteiger charge is 2.24. The predicted octanol–water partition coefficient (Wildman–Crippen LogP) is 2.54. The number of benzene rings is 2. The molecular formula is C18H21N3O5S. The van der Waals surface area contributed by atoms with E-state index in [0.29, 0.717) is 25.4 Å². The lowest BCUT2D eigenvalue weighted by Crippen LogP contribution is -2.37. The third-order valence-electron chi connectivity index (χ3n) is 4.53. The van der Waals surface area contributed by atoms with E-state index in [4.69, 9.17) is 9.88 Å². The third kappa shape index (κ3) is 4.95. The lowest BCUT2D eigenvalue weighted by molar-refractivity contribution is -0.385. The van der Waals surface area contributed by atoms with Gasteiger partial charge in [0.05, 0.1) is 16.4 Å². The van der Waals surface area contributed by atoms with Gasteiger partial charge in [-0.15, -0.1) is 0 Å². The first-order valence-electron chi connectivity index (χ1n) is 8.58. The molecule has 0 aliphatic carbocycles. The van der Waals surface area contributed by atoms with Crippen LogP contribution in [0.5, 0.6) is 5.75 Å². The van der Waals surface area contributed by atoms with Crippen LogP contribution >= 0.6 is 0 Å². The second-order valence-electron chi connectivity index (χ2n) is 6.57. The molecule has 0 saturated carbocycles. The van der Waals surface area contributed by atoms with Gasteiger partial charge in [-0.2, -0.15) is 0 Å². The van der Waals surface area contributed by atoms with Crippen LogP contribution in [0.25, 0.3) is 0 Å². The minimum Gasteiger partial charge on any atom is -0.493 e. The number of primary sulfonamides is 1. The van der Waals surface area contributed by atoms with Crippen molar-refractivity contribution in [2.24, 2.45) is 11.1 Å². The van der Waals surface area contributed by atoms with E-state index in [2.05, 4.69) is 0 Å². The van der Waals surface area contributed by atoms with Gasteiger partial charge in [-0.05, 0) is 31.0 Å². The van der Waals surface area contributed by atoms with Crippen molar-refractivity contribution < 1.29 is 18.1 Å². The fourth-order valence-electron chi connectivity index (χ4n) is 3.19. The number of anilines is 1. The number of nitro benzene ring substituents is 1. The number of nitro groups is 1. The summed E-state index contributed by atoms with van der Waals surface area (Å²) >= 11 is 0. The van der Waals surface area contributed by atoms with E-state index >= 15 is 0 Å². The fraction of sp³-hybridized carbons (Fsp3) is 0.333. The quantitative estimate of drug-likeness (QED) is 0.597. The molecule has 1 aliphatic heterocycles. The summed E-state index contributed by atoms with van der Waals surface area (Å²) in [5.74, 6) is 1.03. The number of piperidine rings is 1. The predicted molar refractivity (Wildman–Crippen MR) is 101 cm³/mol. The molecule has 144 valence electrons. The van der Waals surface area contributed by atoms with Crippen molar-refractivity contribution >= 4 is 21.4 Å². The van der Waals surface area contributed by atoms with Crippen LogP contribution < -0.4 is 14.8 Å². The number of nitrogens with zero attached hydrogens (tertiary/aromatic N) is 2. The number of nitrogens with two attached hydrogens (primary N) is 1. The van der Waals surface area contributed by atoms with Crippen LogP contribution in [0.15, 0.2) is 53.4 Å². The van der Waals surface area contributed by atoms with Gasteiger partial charge >= 0.3 is 0 Å². The molecule has 27 heavy (non-hydrogen) atoms. The summed E-state index contributed by atoms with van der Waals surface area (Å²) in [6.45, 7) is 1.84. The Bertz CT molecular complexity index is 918. The van der Waals surface area contributed by atoms with Gasteiger partial charge in [0.15, 0.2) is 0 Å². The van der Waals surface area contributed by atoms with Crippen molar-refractivity contribution in [2.75, 3.05) is 24.6 Å². The van der Waals surface area contributed by atoms with Gasteiger partial charge in [0, 0.05) is 36.8 Å². The Morgan fingerprint density at radius 1 is 1.22 bits per heavy atom. The van der Waals surface area contributed by atoms with Gasteiger partial charge in [0.2, 0.25) is 10.0 Å². The molecule has 0 spiro atoms. The van der Waals surface area contributed by atoms with Gasteiger partial charge in [-0.1, -0.05) is 18.2 Å². The lowest BCUT2D eigenvalue weighted by atomic mass is 9.98. The molecule has 0 aromatic heterocycles. The summed E-state index contributed by atoms with van der Waals surface area (Å²) in [4.78, 5) is 12.3. The summed E-state index contributed by atoms with van der Waals surface area (Å²) in [6.07, 6.45) is 1.86. The number of rotatable bonds is 6. The van der Waals surface area contributed by atoms with Crippen LogP contribution in [0.1, 0.15) is 12.8 Å². The number of ether oxygens (including phenoxy) is 1. The second-order valence-corrected chi connectivity index (χ2v) is 8.13. The van der Waals surface area contributed by atoms with Gasteiger partial charge < -0.3 is 9.64 Å². The molecule has 1 unspecified atom stereocenters. The van der Waals surface area contributed by atoms with Gasteiger partial charge in [-0.3, -0.25) is 10.1 Å². The standard InChI is InChI=1S/C18H21N3O5S/c19-27(24,25)18-10-15(9-16(11-18)21(22)23)20-8-4-5-14(12-20)13-26-17-6-2-1-3-7-17/h1-3,6-7,9-11,14H,4-5,8,12-13H2,(H2,19,24,25). The first-order chi connectivity index (χ1) is 12.8. The minimum atomic E-state index is -4.04. The molecular weight excluding hydrogens is 370 g/mol. The van der Waals surface area contributed by atoms with Gasteiger partial charge in [0.25, 0.3) is 5.69 Å². The Labute approximate surface area is 157 Å². The van der Waals surface area contributed by atoms with E-state index in [9.17, 15) is 18.5 Å². The summed E-state index contributed by atoms with van der Waals surface area (Å²) in [7, 11) is -4.04. The SMILES string of the molecule is NS(=O)(=O)c1cc(N2CCCC(COc3ccccc3)C2)cc([N+](=O)[O-])c1. The van der Waals surface area contributed by atoms with E-state index in [1.165, 1.54) is 12.1 Å². The molecule has 2 aromatic rings. The zero-order valence-electron chi connectivity index (χ0n) is 14.7. The highest BCUT2D eigenvalue weighted by Crippen LogP contribution is 2.29. The average Bonchev–Trinajstić information content (AvgIpc) is 2.66. The average molecular weight is 391 g/mol. The van der Waals surface area contributed by atoms with Crippen LogP contribution in [0.3, 0.4) is 0 Å². The molecule has 2 N–H and O–H groups in total. The Morgan fingerprint density at radius 2 is 1.96 bits per heavy atom. The maximum Gasteiger partial charge on any atom is 0.272 e. The number of para-hydroxylation sites is 1. The maximum absolute atomic E-state index is 11.7. The molecule has 9 heteroatoms. The number of hydrogen-bond donors (Lipinski definition) is 1. The summed E-state index contributed by atoms with van der Waals surface area (Å²) in [5, 5.41) is 16.3. The summed E-state index contributed by atoms with van der Waals surface area (Å²) in [6, 6.07) is 13.3. The highest BCUT2D eigenvalue weighted by molar-refractivity contribution is 7.89. The number of non-ortho nitro benzene ring substituents is 1. The Morgan fingerprint density at radius 3 is 2.63 bits per heavy atom. The molecule has 0 radical (unpaired) electrons. The third-order valence-corrected chi connectivity index (χ3v) is 5.42. The minimum absolute atomic E-state index is 0.233. The largest absolute Gasteiger partial charge is 0.493 e. The van der Waals surface area contributed by atoms with E-state index in [0.717, 1.165) is 24.7 Å². The van der Waals surface area contributed by atoms with Crippen molar-refractivity contribution in [1.29, 1.82) is 0 Å². The normalized spacial score (nSPS) is 17.5.